The zero-order valence-corrected chi connectivity index (χ0v) is 10.2. The molecule has 1 aromatic rings. The number of thiophene rings is 1. The van der Waals surface area contributed by atoms with Crippen LogP contribution in [0, 0.1) is 5.41 Å². The van der Waals surface area contributed by atoms with Gasteiger partial charge in [-0.25, -0.2) is 0 Å². The first kappa shape index (κ1) is 11.2. The number of hydrogen-bond acceptors (Lipinski definition) is 2. The van der Waals surface area contributed by atoms with E-state index in [0.717, 1.165) is 12.8 Å². The van der Waals surface area contributed by atoms with Gasteiger partial charge in [-0.1, -0.05) is 19.8 Å². The Bertz CT molecular complexity index is 285. The number of hydrogen-bond donors (Lipinski definition) is 1. The molecule has 1 aromatic heterocycles. The molecule has 1 heterocycles. The monoisotopic (exact) mass is 224 g/mol. The number of aliphatic hydroxyl groups excluding tert-OH is 1. The van der Waals surface area contributed by atoms with Crippen molar-refractivity contribution in [2.75, 3.05) is 0 Å². The summed E-state index contributed by atoms with van der Waals surface area (Å²) in [4.78, 5) is 0. The van der Waals surface area contributed by atoms with Gasteiger partial charge in [-0.05, 0) is 53.5 Å². The summed E-state index contributed by atoms with van der Waals surface area (Å²) in [5.74, 6) is 0. The largest absolute Gasteiger partial charge is 0.393 e. The average molecular weight is 224 g/mol. The molecule has 2 rings (SSSR count). The minimum absolute atomic E-state index is 0.111. The van der Waals surface area contributed by atoms with Crippen LogP contribution in [0.2, 0.25) is 0 Å². The van der Waals surface area contributed by atoms with Crippen LogP contribution in [0.5, 0.6) is 0 Å². The van der Waals surface area contributed by atoms with E-state index < -0.39 is 0 Å². The second kappa shape index (κ2) is 4.67. The summed E-state index contributed by atoms with van der Waals surface area (Å²) in [5, 5.41) is 14.5. The lowest BCUT2D eigenvalue weighted by atomic mass is 9.80. The minimum Gasteiger partial charge on any atom is -0.393 e. The van der Waals surface area contributed by atoms with Gasteiger partial charge in [0.15, 0.2) is 0 Å². The molecule has 0 radical (unpaired) electrons. The Kier molecular flexibility index (Phi) is 3.47. The highest BCUT2D eigenvalue weighted by atomic mass is 32.1. The lowest BCUT2D eigenvalue weighted by Gasteiger charge is -2.29. The third-order valence-electron chi connectivity index (χ3n) is 3.84. The summed E-state index contributed by atoms with van der Waals surface area (Å²) in [6, 6.07) is 2.16. The van der Waals surface area contributed by atoms with Crippen molar-refractivity contribution < 1.29 is 5.11 Å². The molecule has 84 valence electrons. The Morgan fingerprint density at radius 1 is 1.47 bits per heavy atom. The average Bonchev–Trinajstić information content (AvgIpc) is 2.85. The van der Waals surface area contributed by atoms with Gasteiger partial charge in [-0.15, -0.1) is 0 Å². The zero-order valence-electron chi connectivity index (χ0n) is 9.41. The Balaban J connectivity index is 1.84. The van der Waals surface area contributed by atoms with Crippen molar-refractivity contribution in [1.29, 1.82) is 0 Å². The van der Waals surface area contributed by atoms with E-state index >= 15 is 0 Å². The van der Waals surface area contributed by atoms with Gasteiger partial charge in [0.1, 0.15) is 0 Å². The Morgan fingerprint density at radius 3 is 2.80 bits per heavy atom. The van der Waals surface area contributed by atoms with Gasteiger partial charge >= 0.3 is 0 Å². The normalized spacial score (nSPS) is 21.7. The Labute approximate surface area is 96.1 Å². The number of aliphatic hydroxyl groups is 1. The minimum atomic E-state index is -0.111. The summed E-state index contributed by atoms with van der Waals surface area (Å²) >= 11 is 1.74. The van der Waals surface area contributed by atoms with Crippen LogP contribution in [0.1, 0.15) is 44.6 Å². The van der Waals surface area contributed by atoms with Crippen molar-refractivity contribution in [3.63, 3.8) is 0 Å². The van der Waals surface area contributed by atoms with Gasteiger partial charge in [-0.2, -0.15) is 11.3 Å². The fraction of sp³-hybridized carbons (Fsp3) is 0.692. The van der Waals surface area contributed by atoms with E-state index in [4.69, 9.17) is 0 Å². The van der Waals surface area contributed by atoms with Crippen molar-refractivity contribution in [3.05, 3.63) is 22.4 Å². The second-order valence-corrected chi connectivity index (χ2v) is 5.83. The van der Waals surface area contributed by atoms with Crippen LogP contribution in [-0.4, -0.2) is 11.2 Å². The third kappa shape index (κ3) is 2.61. The molecule has 0 spiro atoms. The molecule has 1 unspecified atom stereocenters. The highest BCUT2D eigenvalue weighted by Gasteiger charge is 2.35. The molecule has 0 saturated heterocycles. The van der Waals surface area contributed by atoms with Crippen molar-refractivity contribution in [1.82, 2.24) is 0 Å². The smallest absolute Gasteiger partial charge is 0.0596 e. The second-order valence-electron chi connectivity index (χ2n) is 5.05. The van der Waals surface area contributed by atoms with Crippen LogP contribution in [0.3, 0.4) is 0 Å². The van der Waals surface area contributed by atoms with Crippen LogP contribution >= 0.6 is 11.3 Å². The molecule has 1 saturated carbocycles. The third-order valence-corrected chi connectivity index (χ3v) is 4.57. The van der Waals surface area contributed by atoms with Gasteiger partial charge in [0, 0.05) is 0 Å². The fourth-order valence-corrected chi connectivity index (χ4v) is 3.31. The molecule has 1 aliphatic rings. The van der Waals surface area contributed by atoms with E-state index in [9.17, 15) is 5.11 Å². The van der Waals surface area contributed by atoms with Gasteiger partial charge in [0.25, 0.3) is 0 Å². The van der Waals surface area contributed by atoms with Crippen molar-refractivity contribution >= 4 is 11.3 Å². The molecule has 0 aromatic carbocycles. The molecular weight excluding hydrogens is 204 g/mol. The maximum atomic E-state index is 10.2. The van der Waals surface area contributed by atoms with E-state index in [1.165, 1.54) is 31.2 Å². The van der Waals surface area contributed by atoms with Gasteiger partial charge < -0.3 is 5.11 Å². The predicted octanol–water partition coefficient (Wildman–Crippen LogP) is 3.62. The predicted molar refractivity (Wildman–Crippen MR) is 65.2 cm³/mol. The van der Waals surface area contributed by atoms with Crippen molar-refractivity contribution in [2.45, 2.75) is 51.6 Å². The highest BCUT2D eigenvalue weighted by molar-refractivity contribution is 7.07. The Hall–Kier alpha value is -0.340. The van der Waals surface area contributed by atoms with E-state index in [1.807, 2.05) is 0 Å². The highest BCUT2D eigenvalue weighted by Crippen LogP contribution is 2.41. The molecular formula is C13H20OS. The molecule has 1 aliphatic carbocycles. The molecule has 1 nitrogen and oxygen atoms in total. The molecule has 0 amide bonds. The lowest BCUT2D eigenvalue weighted by molar-refractivity contribution is 0.0354. The van der Waals surface area contributed by atoms with Crippen LogP contribution in [-0.2, 0) is 6.42 Å². The lowest BCUT2D eigenvalue weighted by Crippen LogP contribution is -2.29. The molecule has 1 fully saturated rings. The standard InChI is InChI=1S/C13H20OS/c1-13(7-2-3-8-13)12(14)5-4-11-6-9-15-10-11/h6,9-10,12,14H,2-5,7-8H2,1H3. The van der Waals surface area contributed by atoms with Crippen LogP contribution in [0.4, 0.5) is 0 Å². The zero-order chi connectivity index (χ0) is 10.7. The van der Waals surface area contributed by atoms with Crippen molar-refractivity contribution in [2.24, 2.45) is 5.41 Å². The maximum Gasteiger partial charge on any atom is 0.0596 e. The molecule has 1 atom stereocenters. The molecule has 15 heavy (non-hydrogen) atoms. The van der Waals surface area contributed by atoms with E-state index in [1.54, 1.807) is 11.3 Å². The topological polar surface area (TPSA) is 20.2 Å². The first-order valence-electron chi connectivity index (χ1n) is 5.90. The first-order chi connectivity index (χ1) is 7.21. The van der Waals surface area contributed by atoms with E-state index in [-0.39, 0.29) is 11.5 Å². The summed E-state index contributed by atoms with van der Waals surface area (Å²) < 4.78 is 0. The molecule has 0 bridgehead atoms. The summed E-state index contributed by atoms with van der Waals surface area (Å²) in [6.07, 6.45) is 6.85. The van der Waals surface area contributed by atoms with Crippen LogP contribution in [0.25, 0.3) is 0 Å². The summed E-state index contributed by atoms with van der Waals surface area (Å²) in [5.41, 5.74) is 1.58. The molecule has 2 heteroatoms. The van der Waals surface area contributed by atoms with Gasteiger partial charge in [0.2, 0.25) is 0 Å². The van der Waals surface area contributed by atoms with Crippen molar-refractivity contribution in [3.8, 4) is 0 Å². The van der Waals surface area contributed by atoms with Gasteiger partial charge in [-0.3, -0.25) is 0 Å². The molecule has 1 N–H and O–H groups in total. The van der Waals surface area contributed by atoms with E-state index in [0.29, 0.717) is 0 Å². The molecule has 0 aliphatic heterocycles. The first-order valence-corrected chi connectivity index (χ1v) is 6.84. The van der Waals surface area contributed by atoms with E-state index in [2.05, 4.69) is 23.8 Å². The fourth-order valence-electron chi connectivity index (χ4n) is 2.60. The van der Waals surface area contributed by atoms with Crippen LogP contribution < -0.4 is 0 Å². The number of rotatable bonds is 4. The maximum absolute atomic E-state index is 10.2. The SMILES string of the molecule is CC1(C(O)CCc2ccsc2)CCCC1. The quantitative estimate of drug-likeness (QED) is 0.828. The Morgan fingerprint density at radius 2 is 2.20 bits per heavy atom. The number of aryl methyl sites for hydroxylation is 1. The summed E-state index contributed by atoms with van der Waals surface area (Å²) in [7, 11) is 0. The van der Waals surface area contributed by atoms with Crippen LogP contribution in [0.15, 0.2) is 16.8 Å². The summed E-state index contributed by atoms with van der Waals surface area (Å²) in [6.45, 7) is 2.25. The van der Waals surface area contributed by atoms with Gasteiger partial charge in [0.05, 0.1) is 6.10 Å².